The van der Waals surface area contributed by atoms with E-state index in [1.807, 2.05) is 13.0 Å². The van der Waals surface area contributed by atoms with Gasteiger partial charge in [-0.25, -0.2) is 9.97 Å². The Morgan fingerprint density at radius 1 is 1.25 bits per heavy atom. The smallest absolute Gasteiger partial charge is 0.270 e. The molecule has 0 aromatic carbocycles. The SMILES string of the molecule is Cc1cc(C(=O)NCc2ccco2)nc(NC2CCCCCC2)n1. The summed E-state index contributed by atoms with van der Waals surface area (Å²) in [6.45, 7) is 2.23. The Bertz CT molecular complexity index is 662. The first-order valence-corrected chi connectivity index (χ1v) is 8.63. The van der Waals surface area contributed by atoms with Crippen LogP contribution in [-0.4, -0.2) is 21.9 Å². The molecule has 1 amide bonds. The number of carbonyl (C=O) groups is 1. The number of carbonyl (C=O) groups excluding carboxylic acids is 1. The van der Waals surface area contributed by atoms with Crippen LogP contribution in [-0.2, 0) is 6.54 Å². The van der Waals surface area contributed by atoms with Crippen LogP contribution in [0.5, 0.6) is 0 Å². The summed E-state index contributed by atoms with van der Waals surface area (Å²) in [7, 11) is 0. The third-order valence-electron chi connectivity index (χ3n) is 4.28. The molecule has 0 unspecified atom stereocenters. The lowest BCUT2D eigenvalue weighted by atomic mass is 10.1. The minimum Gasteiger partial charge on any atom is -0.467 e. The first-order chi connectivity index (χ1) is 11.7. The van der Waals surface area contributed by atoms with Gasteiger partial charge in [-0.1, -0.05) is 25.7 Å². The molecule has 3 rings (SSSR count). The monoisotopic (exact) mass is 328 g/mol. The first-order valence-electron chi connectivity index (χ1n) is 8.63. The van der Waals surface area contributed by atoms with E-state index >= 15 is 0 Å². The zero-order chi connectivity index (χ0) is 16.8. The zero-order valence-electron chi connectivity index (χ0n) is 14.0. The Morgan fingerprint density at radius 2 is 2.04 bits per heavy atom. The van der Waals surface area contributed by atoms with E-state index in [0.29, 0.717) is 30.0 Å². The highest BCUT2D eigenvalue weighted by Gasteiger charge is 2.15. The van der Waals surface area contributed by atoms with E-state index in [4.69, 9.17) is 4.42 Å². The van der Waals surface area contributed by atoms with Gasteiger partial charge in [0.25, 0.3) is 5.91 Å². The average Bonchev–Trinajstić information content (AvgIpc) is 2.96. The second-order valence-electron chi connectivity index (χ2n) is 6.31. The third-order valence-corrected chi connectivity index (χ3v) is 4.28. The summed E-state index contributed by atoms with van der Waals surface area (Å²) >= 11 is 0. The zero-order valence-corrected chi connectivity index (χ0v) is 14.0. The van der Waals surface area contributed by atoms with Crippen molar-refractivity contribution in [1.82, 2.24) is 15.3 Å². The lowest BCUT2D eigenvalue weighted by Crippen LogP contribution is -2.25. The van der Waals surface area contributed by atoms with Crippen molar-refractivity contribution in [3.05, 3.63) is 41.6 Å². The number of hydrogen-bond acceptors (Lipinski definition) is 5. The minimum absolute atomic E-state index is 0.221. The molecule has 0 radical (unpaired) electrons. The molecular formula is C18H24N4O2. The molecule has 0 atom stereocenters. The van der Waals surface area contributed by atoms with E-state index in [-0.39, 0.29) is 5.91 Å². The Labute approximate surface area is 142 Å². The molecule has 0 aliphatic heterocycles. The van der Waals surface area contributed by atoms with Crippen LogP contribution in [0.4, 0.5) is 5.95 Å². The van der Waals surface area contributed by atoms with Crippen molar-refractivity contribution in [3.8, 4) is 0 Å². The summed E-state index contributed by atoms with van der Waals surface area (Å²) < 4.78 is 5.22. The van der Waals surface area contributed by atoms with Gasteiger partial charge >= 0.3 is 0 Å². The van der Waals surface area contributed by atoms with Crippen LogP contribution in [0.2, 0.25) is 0 Å². The van der Waals surface area contributed by atoms with Crippen molar-refractivity contribution in [2.24, 2.45) is 0 Å². The van der Waals surface area contributed by atoms with E-state index in [1.165, 1.54) is 25.7 Å². The van der Waals surface area contributed by atoms with Gasteiger partial charge in [0.15, 0.2) is 0 Å². The number of aromatic nitrogens is 2. The maximum absolute atomic E-state index is 12.3. The molecule has 1 aliphatic rings. The third kappa shape index (κ3) is 4.57. The summed E-state index contributed by atoms with van der Waals surface area (Å²) in [6.07, 6.45) is 8.93. The van der Waals surface area contributed by atoms with Crippen LogP contribution >= 0.6 is 0 Å². The van der Waals surface area contributed by atoms with Crippen molar-refractivity contribution < 1.29 is 9.21 Å². The Kier molecular flexibility index (Phi) is 5.46. The van der Waals surface area contributed by atoms with Crippen molar-refractivity contribution in [1.29, 1.82) is 0 Å². The highest BCUT2D eigenvalue weighted by Crippen LogP contribution is 2.20. The van der Waals surface area contributed by atoms with Gasteiger partial charge in [0.05, 0.1) is 12.8 Å². The Morgan fingerprint density at radius 3 is 2.75 bits per heavy atom. The Hall–Kier alpha value is -2.37. The topological polar surface area (TPSA) is 80.0 Å². The molecule has 0 bridgehead atoms. The van der Waals surface area contributed by atoms with Crippen LogP contribution < -0.4 is 10.6 Å². The van der Waals surface area contributed by atoms with Crippen molar-refractivity contribution in [3.63, 3.8) is 0 Å². The number of anilines is 1. The lowest BCUT2D eigenvalue weighted by molar-refractivity contribution is 0.0943. The van der Waals surface area contributed by atoms with Crippen LogP contribution in [0.3, 0.4) is 0 Å². The molecule has 128 valence electrons. The van der Waals surface area contributed by atoms with Gasteiger partial charge < -0.3 is 15.1 Å². The highest BCUT2D eigenvalue weighted by molar-refractivity contribution is 5.92. The summed E-state index contributed by atoms with van der Waals surface area (Å²) in [4.78, 5) is 21.1. The molecule has 6 nitrogen and oxygen atoms in total. The van der Waals surface area contributed by atoms with Crippen LogP contribution in [0.1, 0.15) is 60.5 Å². The second-order valence-corrected chi connectivity index (χ2v) is 6.31. The normalized spacial score (nSPS) is 15.7. The van der Waals surface area contributed by atoms with Gasteiger partial charge in [0, 0.05) is 11.7 Å². The number of hydrogen-bond donors (Lipinski definition) is 2. The van der Waals surface area contributed by atoms with E-state index < -0.39 is 0 Å². The second kappa shape index (κ2) is 7.95. The fourth-order valence-electron chi connectivity index (χ4n) is 3.03. The Balaban J connectivity index is 1.64. The molecule has 2 aromatic heterocycles. The maximum Gasteiger partial charge on any atom is 0.270 e. The largest absolute Gasteiger partial charge is 0.467 e. The lowest BCUT2D eigenvalue weighted by Gasteiger charge is -2.16. The van der Waals surface area contributed by atoms with E-state index in [1.54, 1.807) is 18.4 Å². The van der Waals surface area contributed by atoms with Crippen molar-refractivity contribution in [2.75, 3.05) is 5.32 Å². The van der Waals surface area contributed by atoms with Crippen molar-refractivity contribution in [2.45, 2.75) is 58.0 Å². The highest BCUT2D eigenvalue weighted by atomic mass is 16.3. The number of nitrogens with one attached hydrogen (secondary N) is 2. The summed E-state index contributed by atoms with van der Waals surface area (Å²) in [5.74, 6) is 1.04. The molecule has 1 saturated carbocycles. The fourth-order valence-corrected chi connectivity index (χ4v) is 3.03. The van der Waals surface area contributed by atoms with Gasteiger partial charge in [-0.2, -0.15) is 0 Å². The standard InChI is InChI=1S/C18H24N4O2/c1-13-11-16(17(23)19-12-15-9-6-10-24-15)22-18(20-13)21-14-7-4-2-3-5-8-14/h6,9-11,14H,2-5,7-8,12H2,1H3,(H,19,23)(H,20,21,22). The molecule has 0 spiro atoms. The summed E-state index contributed by atoms with van der Waals surface area (Å²) in [5, 5.41) is 6.22. The molecule has 2 heterocycles. The van der Waals surface area contributed by atoms with Gasteiger partial charge in [0.2, 0.25) is 5.95 Å². The maximum atomic E-state index is 12.3. The molecular weight excluding hydrogens is 304 g/mol. The molecule has 6 heteroatoms. The molecule has 24 heavy (non-hydrogen) atoms. The number of aryl methyl sites for hydroxylation is 1. The van der Waals surface area contributed by atoms with Gasteiger partial charge in [-0.05, 0) is 38.0 Å². The fraction of sp³-hybridized carbons (Fsp3) is 0.500. The quantitative estimate of drug-likeness (QED) is 0.822. The van der Waals surface area contributed by atoms with Gasteiger partial charge in [0.1, 0.15) is 11.5 Å². The number of amides is 1. The number of furan rings is 1. The van der Waals surface area contributed by atoms with Crippen LogP contribution in [0.25, 0.3) is 0 Å². The predicted octanol–water partition coefficient (Wildman–Crippen LogP) is 3.44. The molecule has 2 aromatic rings. The molecule has 0 saturated heterocycles. The van der Waals surface area contributed by atoms with Gasteiger partial charge in [-0.15, -0.1) is 0 Å². The average molecular weight is 328 g/mol. The van der Waals surface area contributed by atoms with Crippen LogP contribution in [0.15, 0.2) is 28.9 Å². The number of rotatable bonds is 5. The molecule has 1 aliphatic carbocycles. The van der Waals surface area contributed by atoms with Crippen LogP contribution in [0, 0.1) is 6.92 Å². The minimum atomic E-state index is -0.221. The van der Waals surface area contributed by atoms with E-state index in [0.717, 1.165) is 18.5 Å². The van der Waals surface area contributed by atoms with E-state index in [2.05, 4.69) is 20.6 Å². The molecule has 1 fully saturated rings. The number of nitrogens with zero attached hydrogens (tertiary/aromatic N) is 2. The first kappa shape index (κ1) is 16.5. The summed E-state index contributed by atoms with van der Waals surface area (Å²) in [6, 6.07) is 5.72. The van der Waals surface area contributed by atoms with E-state index in [9.17, 15) is 4.79 Å². The summed E-state index contributed by atoms with van der Waals surface area (Å²) in [5.41, 5.74) is 1.16. The predicted molar refractivity (Wildman–Crippen MR) is 91.8 cm³/mol. The van der Waals surface area contributed by atoms with Gasteiger partial charge in [-0.3, -0.25) is 4.79 Å². The molecule has 2 N–H and O–H groups in total. The van der Waals surface area contributed by atoms with Crippen molar-refractivity contribution >= 4 is 11.9 Å².